The third-order valence-electron chi connectivity index (χ3n) is 4.25. The number of carbonyl (C=O) groups excluding carboxylic acids is 1. The van der Waals surface area contributed by atoms with Crippen molar-refractivity contribution < 1.29 is 4.79 Å². The molecule has 2 aromatic heterocycles. The Hall–Kier alpha value is -2.14. The molecule has 24 heavy (non-hydrogen) atoms. The minimum atomic E-state index is -0.129. The van der Waals surface area contributed by atoms with Gasteiger partial charge in [0.15, 0.2) is 0 Å². The predicted octanol–water partition coefficient (Wildman–Crippen LogP) is 3.62. The Morgan fingerprint density at radius 2 is 2.04 bits per heavy atom. The number of para-hydroxylation sites is 1. The number of carbonyl (C=O) groups is 1. The number of rotatable bonds is 8. The van der Waals surface area contributed by atoms with Crippen LogP contribution in [-0.2, 0) is 11.2 Å². The number of H-pyrrole nitrogens is 1. The van der Waals surface area contributed by atoms with Crippen LogP contribution in [0.5, 0.6) is 0 Å². The third-order valence-corrected chi connectivity index (χ3v) is 4.90. The van der Waals surface area contributed by atoms with Crippen molar-refractivity contribution in [3.05, 3.63) is 60.6 Å². The maximum absolute atomic E-state index is 12.6. The standard InChI is InChI=1S/C19H23N3OS/c1-24-13-9-18(22-11-4-5-12-22)19(23)20-10-8-15-14-21-17-7-3-2-6-16(15)17/h2-7,11-12,14,18,21H,8-10,13H2,1H3,(H,20,23)/t18-/m0/s1. The highest BCUT2D eigenvalue weighted by molar-refractivity contribution is 7.98. The molecule has 0 aliphatic rings. The SMILES string of the molecule is CSCC[C@@H](C(=O)NCCc1c[nH]c2ccccc12)n1cccc1. The van der Waals surface area contributed by atoms with Crippen molar-refractivity contribution in [3.8, 4) is 0 Å². The number of fused-ring (bicyclic) bond motifs is 1. The molecular formula is C19H23N3OS. The molecule has 4 nitrogen and oxygen atoms in total. The predicted molar refractivity (Wildman–Crippen MR) is 101 cm³/mol. The molecule has 0 aliphatic heterocycles. The van der Waals surface area contributed by atoms with Gasteiger partial charge < -0.3 is 14.9 Å². The Labute approximate surface area is 146 Å². The van der Waals surface area contributed by atoms with Crippen molar-refractivity contribution in [2.45, 2.75) is 18.9 Å². The van der Waals surface area contributed by atoms with Gasteiger partial charge in [-0.25, -0.2) is 0 Å². The lowest BCUT2D eigenvalue weighted by molar-refractivity contribution is -0.124. The molecule has 0 saturated heterocycles. The molecule has 3 aromatic rings. The minimum absolute atomic E-state index is 0.0973. The van der Waals surface area contributed by atoms with Gasteiger partial charge in [0, 0.05) is 36.0 Å². The second kappa shape index (κ2) is 8.11. The molecule has 2 heterocycles. The van der Waals surface area contributed by atoms with Crippen molar-refractivity contribution in [3.63, 3.8) is 0 Å². The van der Waals surface area contributed by atoms with Crippen molar-refractivity contribution in [2.75, 3.05) is 18.6 Å². The normalized spacial score (nSPS) is 12.4. The van der Waals surface area contributed by atoms with Crippen molar-refractivity contribution in [1.82, 2.24) is 14.9 Å². The van der Waals surface area contributed by atoms with Gasteiger partial charge in [0.2, 0.25) is 5.91 Å². The first-order valence-electron chi connectivity index (χ1n) is 8.23. The van der Waals surface area contributed by atoms with Crippen LogP contribution in [0.2, 0.25) is 0 Å². The zero-order chi connectivity index (χ0) is 16.8. The zero-order valence-electron chi connectivity index (χ0n) is 13.9. The van der Waals surface area contributed by atoms with E-state index in [-0.39, 0.29) is 11.9 Å². The molecule has 0 unspecified atom stereocenters. The van der Waals surface area contributed by atoms with Gasteiger partial charge in [-0.1, -0.05) is 18.2 Å². The average Bonchev–Trinajstić information content (AvgIpc) is 3.26. The highest BCUT2D eigenvalue weighted by atomic mass is 32.2. The first kappa shape index (κ1) is 16.7. The van der Waals surface area contributed by atoms with E-state index in [9.17, 15) is 4.79 Å². The van der Waals surface area contributed by atoms with Crippen LogP contribution in [0.25, 0.3) is 10.9 Å². The molecule has 0 fully saturated rings. The molecule has 0 spiro atoms. The van der Waals surface area contributed by atoms with E-state index in [0.29, 0.717) is 6.54 Å². The molecule has 0 bridgehead atoms. The van der Waals surface area contributed by atoms with Crippen molar-refractivity contribution in [2.24, 2.45) is 0 Å². The molecule has 0 radical (unpaired) electrons. The Balaban J connectivity index is 1.59. The quantitative estimate of drug-likeness (QED) is 0.657. The van der Waals surface area contributed by atoms with Crippen molar-refractivity contribution >= 4 is 28.6 Å². The van der Waals surface area contributed by atoms with E-state index >= 15 is 0 Å². The zero-order valence-corrected chi connectivity index (χ0v) is 14.7. The molecule has 0 saturated carbocycles. The molecule has 0 aliphatic carbocycles. The summed E-state index contributed by atoms with van der Waals surface area (Å²) in [5, 5.41) is 4.33. The van der Waals surface area contributed by atoms with Crippen LogP contribution in [0.4, 0.5) is 0 Å². The summed E-state index contributed by atoms with van der Waals surface area (Å²) in [6.45, 7) is 0.651. The van der Waals surface area contributed by atoms with Crippen LogP contribution < -0.4 is 5.32 Å². The first-order chi connectivity index (χ1) is 11.8. The summed E-state index contributed by atoms with van der Waals surface area (Å²) >= 11 is 1.77. The van der Waals surface area contributed by atoms with Gasteiger partial charge in [-0.2, -0.15) is 11.8 Å². The number of nitrogens with one attached hydrogen (secondary N) is 2. The van der Waals surface area contributed by atoms with Crippen LogP contribution in [0, 0.1) is 0 Å². The van der Waals surface area contributed by atoms with E-state index < -0.39 is 0 Å². The average molecular weight is 341 g/mol. The summed E-state index contributed by atoms with van der Waals surface area (Å²) in [4.78, 5) is 15.9. The molecule has 1 atom stereocenters. The monoisotopic (exact) mass is 341 g/mol. The lowest BCUT2D eigenvalue weighted by atomic mass is 10.1. The number of amides is 1. The second-order valence-electron chi connectivity index (χ2n) is 5.83. The number of hydrogen-bond acceptors (Lipinski definition) is 2. The van der Waals surface area contributed by atoms with Crippen LogP contribution in [0.1, 0.15) is 18.0 Å². The fourth-order valence-electron chi connectivity index (χ4n) is 2.98. The van der Waals surface area contributed by atoms with Gasteiger partial charge >= 0.3 is 0 Å². The summed E-state index contributed by atoms with van der Waals surface area (Å²) in [5.41, 5.74) is 2.39. The number of nitrogens with zero attached hydrogens (tertiary/aromatic N) is 1. The summed E-state index contributed by atoms with van der Waals surface area (Å²) in [7, 11) is 0. The molecule has 126 valence electrons. The molecule has 5 heteroatoms. The molecule has 1 aromatic carbocycles. The van der Waals surface area contributed by atoms with Crippen LogP contribution in [0.15, 0.2) is 55.0 Å². The van der Waals surface area contributed by atoms with Gasteiger partial charge in [-0.3, -0.25) is 4.79 Å². The second-order valence-corrected chi connectivity index (χ2v) is 6.81. The smallest absolute Gasteiger partial charge is 0.243 e. The number of hydrogen-bond donors (Lipinski definition) is 2. The number of thioether (sulfide) groups is 1. The number of aromatic amines is 1. The van der Waals surface area contributed by atoms with Gasteiger partial charge in [-0.05, 0) is 48.6 Å². The lowest BCUT2D eigenvalue weighted by Gasteiger charge is -2.18. The molecule has 1 amide bonds. The maximum atomic E-state index is 12.6. The topological polar surface area (TPSA) is 49.8 Å². The number of benzene rings is 1. The molecule has 2 N–H and O–H groups in total. The van der Waals surface area contributed by atoms with E-state index in [1.807, 2.05) is 47.4 Å². The van der Waals surface area contributed by atoms with E-state index in [1.165, 1.54) is 10.9 Å². The fourth-order valence-corrected chi connectivity index (χ4v) is 3.44. The van der Waals surface area contributed by atoms with Crippen LogP contribution in [-0.4, -0.2) is 34.0 Å². The summed E-state index contributed by atoms with van der Waals surface area (Å²) in [5.74, 6) is 1.07. The van der Waals surface area contributed by atoms with Crippen LogP contribution >= 0.6 is 11.8 Å². The van der Waals surface area contributed by atoms with Gasteiger partial charge in [-0.15, -0.1) is 0 Å². The van der Waals surface area contributed by atoms with Gasteiger partial charge in [0.1, 0.15) is 6.04 Å². The van der Waals surface area contributed by atoms with E-state index in [4.69, 9.17) is 0 Å². The number of aromatic nitrogens is 2. The first-order valence-corrected chi connectivity index (χ1v) is 9.63. The third kappa shape index (κ3) is 3.85. The lowest BCUT2D eigenvalue weighted by Crippen LogP contribution is -2.33. The Morgan fingerprint density at radius 1 is 1.25 bits per heavy atom. The van der Waals surface area contributed by atoms with Gasteiger partial charge in [0.25, 0.3) is 0 Å². The summed E-state index contributed by atoms with van der Waals surface area (Å²) in [6.07, 6.45) is 9.70. The van der Waals surface area contributed by atoms with E-state index in [1.54, 1.807) is 11.8 Å². The molecular weight excluding hydrogens is 318 g/mol. The summed E-state index contributed by atoms with van der Waals surface area (Å²) < 4.78 is 2.00. The Bertz CT molecular complexity index is 779. The minimum Gasteiger partial charge on any atom is -0.361 e. The van der Waals surface area contributed by atoms with E-state index in [0.717, 1.165) is 24.1 Å². The maximum Gasteiger partial charge on any atom is 0.243 e. The Kier molecular flexibility index (Phi) is 5.64. The van der Waals surface area contributed by atoms with E-state index in [2.05, 4.69) is 28.7 Å². The van der Waals surface area contributed by atoms with Crippen molar-refractivity contribution in [1.29, 1.82) is 0 Å². The highest BCUT2D eigenvalue weighted by Gasteiger charge is 2.18. The summed E-state index contributed by atoms with van der Waals surface area (Å²) in [6, 6.07) is 12.1. The fraction of sp³-hybridized carbons (Fsp3) is 0.316. The largest absolute Gasteiger partial charge is 0.361 e. The van der Waals surface area contributed by atoms with Crippen LogP contribution in [0.3, 0.4) is 0 Å². The Morgan fingerprint density at radius 3 is 2.83 bits per heavy atom. The highest BCUT2D eigenvalue weighted by Crippen LogP contribution is 2.18. The molecule has 3 rings (SSSR count). The van der Waals surface area contributed by atoms with Gasteiger partial charge in [0.05, 0.1) is 0 Å².